The van der Waals surface area contributed by atoms with Gasteiger partial charge in [-0.2, -0.15) is 0 Å². The van der Waals surface area contributed by atoms with Crippen molar-refractivity contribution in [1.82, 2.24) is 4.90 Å². The van der Waals surface area contributed by atoms with Crippen molar-refractivity contribution in [2.24, 2.45) is 5.92 Å². The van der Waals surface area contributed by atoms with Gasteiger partial charge >= 0.3 is 0 Å². The normalized spacial score (nSPS) is 15.0. The highest BCUT2D eigenvalue weighted by Crippen LogP contribution is 2.22. The maximum atomic E-state index is 13.8. The molecule has 0 saturated carbocycles. The van der Waals surface area contributed by atoms with Gasteiger partial charge in [0, 0.05) is 35.8 Å². The van der Waals surface area contributed by atoms with Crippen molar-refractivity contribution in [2.75, 3.05) is 18.4 Å². The van der Waals surface area contributed by atoms with Crippen LogP contribution in [0, 0.1) is 17.6 Å². The molecule has 1 N–H and O–H groups in total. The van der Waals surface area contributed by atoms with Crippen molar-refractivity contribution in [3.8, 4) is 0 Å². The summed E-state index contributed by atoms with van der Waals surface area (Å²) >= 11 is 5.82. The largest absolute Gasteiger partial charge is 0.339 e. The van der Waals surface area contributed by atoms with E-state index in [4.69, 9.17) is 11.6 Å². The van der Waals surface area contributed by atoms with Crippen molar-refractivity contribution >= 4 is 29.1 Å². The van der Waals surface area contributed by atoms with Crippen LogP contribution in [0.1, 0.15) is 23.2 Å². The molecule has 1 aliphatic heterocycles. The van der Waals surface area contributed by atoms with Crippen LogP contribution in [-0.4, -0.2) is 29.8 Å². The third kappa shape index (κ3) is 4.19. The second kappa shape index (κ2) is 7.83. The summed E-state index contributed by atoms with van der Waals surface area (Å²) in [7, 11) is 0. The first-order chi connectivity index (χ1) is 12.4. The Morgan fingerprint density at radius 2 is 1.69 bits per heavy atom. The van der Waals surface area contributed by atoms with E-state index < -0.39 is 17.5 Å². The molecule has 1 heterocycles. The monoisotopic (exact) mass is 378 g/mol. The second-order valence-electron chi connectivity index (χ2n) is 6.19. The van der Waals surface area contributed by atoms with E-state index in [2.05, 4.69) is 5.32 Å². The number of nitrogens with one attached hydrogen (secondary N) is 1. The molecule has 0 radical (unpaired) electrons. The molecule has 1 fully saturated rings. The summed E-state index contributed by atoms with van der Waals surface area (Å²) < 4.78 is 26.7. The number of amides is 2. The number of anilines is 1. The Balaban J connectivity index is 1.57. The molecule has 0 bridgehead atoms. The standard InChI is InChI=1S/C19H17ClF2N2O2/c20-13-1-4-15(5-2-13)23-18(25)12-7-9-24(10-8-12)19(26)16-6-3-14(21)11-17(16)22/h1-6,11-12H,7-10H2,(H,23,25). The van der Waals surface area contributed by atoms with Crippen LogP contribution in [0.25, 0.3) is 0 Å². The number of hydrogen-bond acceptors (Lipinski definition) is 2. The smallest absolute Gasteiger partial charge is 0.256 e. The number of carbonyl (C=O) groups is 2. The molecule has 0 atom stereocenters. The number of hydrogen-bond donors (Lipinski definition) is 1. The van der Waals surface area contributed by atoms with E-state index in [0.29, 0.717) is 42.7 Å². The molecule has 3 rings (SSSR count). The fourth-order valence-electron chi connectivity index (χ4n) is 2.96. The van der Waals surface area contributed by atoms with Gasteiger partial charge in [0.05, 0.1) is 5.56 Å². The first kappa shape index (κ1) is 18.3. The third-order valence-electron chi connectivity index (χ3n) is 4.43. The topological polar surface area (TPSA) is 49.4 Å². The lowest BCUT2D eigenvalue weighted by Crippen LogP contribution is -2.41. The zero-order valence-corrected chi connectivity index (χ0v) is 14.6. The third-order valence-corrected chi connectivity index (χ3v) is 4.68. The van der Waals surface area contributed by atoms with Crippen LogP contribution in [0.15, 0.2) is 42.5 Å². The van der Waals surface area contributed by atoms with Gasteiger partial charge in [0.15, 0.2) is 0 Å². The van der Waals surface area contributed by atoms with E-state index in [1.165, 1.54) is 4.90 Å². The Morgan fingerprint density at radius 3 is 2.31 bits per heavy atom. The van der Waals surface area contributed by atoms with Crippen molar-refractivity contribution in [2.45, 2.75) is 12.8 Å². The summed E-state index contributed by atoms with van der Waals surface area (Å²) in [5.74, 6) is -2.44. The Labute approximate surface area is 154 Å². The average molecular weight is 379 g/mol. The van der Waals surface area contributed by atoms with Gasteiger partial charge < -0.3 is 10.2 Å². The zero-order chi connectivity index (χ0) is 18.7. The van der Waals surface area contributed by atoms with Gasteiger partial charge in [0.2, 0.25) is 5.91 Å². The number of likely N-dealkylation sites (tertiary alicyclic amines) is 1. The molecule has 0 unspecified atom stereocenters. The summed E-state index contributed by atoms with van der Waals surface area (Å²) in [6.45, 7) is 0.683. The van der Waals surface area contributed by atoms with Crippen molar-refractivity contribution in [3.05, 3.63) is 64.7 Å². The number of benzene rings is 2. The summed E-state index contributed by atoms with van der Waals surface area (Å²) in [4.78, 5) is 26.2. The Bertz CT molecular complexity index is 819. The maximum absolute atomic E-state index is 13.8. The van der Waals surface area contributed by atoms with E-state index in [0.717, 1.165) is 12.1 Å². The zero-order valence-electron chi connectivity index (χ0n) is 13.8. The molecule has 7 heteroatoms. The van der Waals surface area contributed by atoms with Gasteiger partial charge in [0.25, 0.3) is 5.91 Å². The minimum atomic E-state index is -0.877. The van der Waals surface area contributed by atoms with Crippen LogP contribution in [0.4, 0.5) is 14.5 Å². The summed E-state index contributed by atoms with van der Waals surface area (Å²) in [6.07, 6.45) is 0.960. The lowest BCUT2D eigenvalue weighted by Gasteiger charge is -2.31. The average Bonchev–Trinajstić information content (AvgIpc) is 2.63. The highest BCUT2D eigenvalue weighted by atomic mass is 35.5. The minimum absolute atomic E-state index is 0.118. The number of nitrogens with zero attached hydrogens (tertiary/aromatic N) is 1. The molecular formula is C19H17ClF2N2O2. The van der Waals surface area contributed by atoms with Gasteiger partial charge in [-0.3, -0.25) is 9.59 Å². The molecule has 2 amide bonds. The molecule has 0 aliphatic carbocycles. The summed E-state index contributed by atoms with van der Waals surface area (Å²) in [5.41, 5.74) is 0.502. The first-order valence-corrected chi connectivity index (χ1v) is 8.62. The molecule has 26 heavy (non-hydrogen) atoms. The van der Waals surface area contributed by atoms with Crippen molar-refractivity contribution in [3.63, 3.8) is 0 Å². The molecule has 2 aromatic rings. The van der Waals surface area contributed by atoms with Gasteiger partial charge in [-0.15, -0.1) is 0 Å². The van der Waals surface area contributed by atoms with Crippen LogP contribution in [-0.2, 0) is 4.79 Å². The SMILES string of the molecule is O=C(Nc1ccc(Cl)cc1)C1CCN(C(=O)c2ccc(F)cc2F)CC1. The van der Waals surface area contributed by atoms with E-state index in [9.17, 15) is 18.4 Å². The lowest BCUT2D eigenvalue weighted by molar-refractivity contribution is -0.121. The molecule has 0 spiro atoms. The molecule has 4 nitrogen and oxygen atoms in total. The number of halogens is 3. The van der Waals surface area contributed by atoms with E-state index >= 15 is 0 Å². The molecule has 1 saturated heterocycles. The molecule has 1 aliphatic rings. The highest BCUT2D eigenvalue weighted by Gasteiger charge is 2.29. The highest BCUT2D eigenvalue weighted by molar-refractivity contribution is 6.30. The van der Waals surface area contributed by atoms with Gasteiger partial charge in [-0.25, -0.2) is 8.78 Å². The van der Waals surface area contributed by atoms with Crippen molar-refractivity contribution in [1.29, 1.82) is 0 Å². The van der Waals surface area contributed by atoms with Gasteiger partial charge in [0.1, 0.15) is 11.6 Å². The van der Waals surface area contributed by atoms with Gasteiger partial charge in [-0.05, 0) is 49.2 Å². The fourth-order valence-corrected chi connectivity index (χ4v) is 3.08. The first-order valence-electron chi connectivity index (χ1n) is 8.25. The van der Waals surface area contributed by atoms with Crippen LogP contribution in [0.3, 0.4) is 0 Å². The molecule has 0 aromatic heterocycles. The summed E-state index contributed by atoms with van der Waals surface area (Å²) in [6, 6.07) is 9.71. The Kier molecular flexibility index (Phi) is 5.52. The van der Waals surface area contributed by atoms with Crippen LogP contribution in [0.2, 0.25) is 5.02 Å². The van der Waals surface area contributed by atoms with Crippen LogP contribution >= 0.6 is 11.6 Å². The van der Waals surface area contributed by atoms with Crippen molar-refractivity contribution < 1.29 is 18.4 Å². The lowest BCUT2D eigenvalue weighted by atomic mass is 9.95. The Hall–Kier alpha value is -2.47. The van der Waals surface area contributed by atoms with Gasteiger partial charge in [-0.1, -0.05) is 11.6 Å². The summed E-state index contributed by atoms with van der Waals surface area (Å²) in [5, 5.41) is 3.41. The van der Waals surface area contributed by atoms with Crippen LogP contribution in [0.5, 0.6) is 0 Å². The number of rotatable bonds is 3. The minimum Gasteiger partial charge on any atom is -0.339 e. The molecule has 136 valence electrons. The van der Waals surface area contributed by atoms with E-state index in [-0.39, 0.29) is 17.4 Å². The number of carbonyl (C=O) groups excluding carboxylic acids is 2. The predicted octanol–water partition coefficient (Wildman–Crippen LogP) is 4.11. The molecular weight excluding hydrogens is 362 g/mol. The Morgan fingerprint density at radius 1 is 1.04 bits per heavy atom. The van der Waals surface area contributed by atoms with E-state index in [1.54, 1.807) is 24.3 Å². The number of piperidine rings is 1. The predicted molar refractivity (Wildman–Crippen MR) is 95.1 cm³/mol. The molecule has 2 aromatic carbocycles. The fraction of sp³-hybridized carbons (Fsp3) is 0.263. The quantitative estimate of drug-likeness (QED) is 0.873. The second-order valence-corrected chi connectivity index (χ2v) is 6.62. The van der Waals surface area contributed by atoms with Crippen LogP contribution < -0.4 is 5.32 Å². The maximum Gasteiger partial charge on any atom is 0.256 e. The van der Waals surface area contributed by atoms with E-state index in [1.807, 2.05) is 0 Å².